The van der Waals surface area contributed by atoms with E-state index in [9.17, 15) is 35.2 Å². The molecule has 0 spiro atoms. The molecule has 1 heterocycles. The number of carbonyl (C=O) groups is 1. The molecule has 1 atom stereocenters. The van der Waals surface area contributed by atoms with E-state index in [-0.39, 0.29) is 40.4 Å². The minimum atomic E-state index is -4.71. The van der Waals surface area contributed by atoms with Gasteiger partial charge in [-0.15, -0.1) is 0 Å². The van der Waals surface area contributed by atoms with Crippen molar-refractivity contribution in [2.45, 2.75) is 18.6 Å². The lowest BCUT2D eigenvalue weighted by atomic mass is 9.99. The van der Waals surface area contributed by atoms with Crippen LogP contribution in [0.5, 0.6) is 0 Å². The van der Waals surface area contributed by atoms with Gasteiger partial charge < -0.3 is 5.32 Å². The smallest absolute Gasteiger partial charge is 0.351 e. The van der Waals surface area contributed by atoms with Crippen LogP contribution in [0.15, 0.2) is 54.6 Å². The first-order valence-corrected chi connectivity index (χ1v) is 12.8. The maximum Gasteiger partial charge on any atom is 0.433 e. The van der Waals surface area contributed by atoms with Crippen molar-refractivity contribution >= 4 is 34.2 Å². The van der Waals surface area contributed by atoms with Gasteiger partial charge in [-0.3, -0.25) is 9.52 Å². The van der Waals surface area contributed by atoms with Gasteiger partial charge in [-0.1, -0.05) is 12.1 Å². The number of carbonyl (C=O) groups excluding carboxylic acids is 1. The topological polar surface area (TPSA) is 88.2 Å². The van der Waals surface area contributed by atoms with Gasteiger partial charge in [0.05, 0.1) is 23.6 Å². The molecule has 1 unspecified atom stereocenters. The molecular formula is C23H20F5N3O3S2. The quantitative estimate of drug-likeness (QED) is 0.282. The van der Waals surface area contributed by atoms with Gasteiger partial charge in [0.1, 0.15) is 17.3 Å². The molecule has 3 aromatic rings. The first kappa shape index (κ1) is 27.4. The Morgan fingerprint density at radius 2 is 1.72 bits per heavy atom. The van der Waals surface area contributed by atoms with Crippen LogP contribution < -0.4 is 10.0 Å². The summed E-state index contributed by atoms with van der Waals surface area (Å²) in [5.74, 6) is -3.07. The zero-order valence-electron chi connectivity index (χ0n) is 18.6. The maximum absolute atomic E-state index is 14.4. The van der Waals surface area contributed by atoms with Crippen molar-refractivity contribution in [1.29, 1.82) is 0 Å². The van der Waals surface area contributed by atoms with E-state index in [1.165, 1.54) is 24.3 Å². The highest BCUT2D eigenvalue weighted by molar-refractivity contribution is 7.92. The molecular weight excluding hydrogens is 525 g/mol. The molecule has 2 N–H and O–H groups in total. The summed E-state index contributed by atoms with van der Waals surface area (Å²) >= 11 is 4.14. The number of halogens is 5. The predicted molar refractivity (Wildman–Crippen MR) is 128 cm³/mol. The van der Waals surface area contributed by atoms with Crippen molar-refractivity contribution in [3.63, 3.8) is 0 Å². The third-order valence-electron chi connectivity index (χ3n) is 5.03. The van der Waals surface area contributed by atoms with Gasteiger partial charge in [-0.25, -0.2) is 22.2 Å². The van der Waals surface area contributed by atoms with E-state index in [2.05, 4.69) is 22.9 Å². The number of nitrogens with zero attached hydrogens (tertiary/aromatic N) is 1. The van der Waals surface area contributed by atoms with Gasteiger partial charge >= 0.3 is 6.18 Å². The molecule has 13 heteroatoms. The molecule has 192 valence electrons. The average Bonchev–Trinajstić information content (AvgIpc) is 2.79. The molecule has 1 amide bonds. The van der Waals surface area contributed by atoms with Crippen LogP contribution in [0.3, 0.4) is 0 Å². The number of anilines is 1. The van der Waals surface area contributed by atoms with E-state index in [0.717, 1.165) is 36.6 Å². The Morgan fingerprint density at radius 1 is 1.06 bits per heavy atom. The van der Waals surface area contributed by atoms with E-state index in [1.54, 1.807) is 0 Å². The minimum absolute atomic E-state index is 0.0415. The third-order valence-corrected chi connectivity index (χ3v) is 5.99. The van der Waals surface area contributed by atoms with Crippen molar-refractivity contribution in [1.82, 2.24) is 10.3 Å². The molecule has 1 aromatic heterocycles. The molecule has 3 rings (SSSR count). The fourth-order valence-corrected chi connectivity index (χ4v) is 4.26. The second kappa shape index (κ2) is 10.8. The summed E-state index contributed by atoms with van der Waals surface area (Å²) in [4.78, 5) is 16.5. The number of alkyl halides is 3. The molecule has 0 bridgehead atoms. The van der Waals surface area contributed by atoms with Crippen molar-refractivity contribution in [3.8, 4) is 11.3 Å². The number of pyridine rings is 1. The zero-order valence-corrected chi connectivity index (χ0v) is 20.3. The molecule has 0 aliphatic rings. The Hall–Kier alpha value is -3.19. The number of rotatable bonds is 8. The number of hydrogen-bond acceptors (Lipinski definition) is 5. The maximum atomic E-state index is 14.4. The monoisotopic (exact) mass is 545 g/mol. The van der Waals surface area contributed by atoms with Crippen molar-refractivity contribution in [2.75, 3.05) is 16.7 Å². The van der Waals surface area contributed by atoms with Crippen molar-refractivity contribution in [3.05, 3.63) is 83.1 Å². The van der Waals surface area contributed by atoms with Gasteiger partial charge in [0, 0.05) is 17.9 Å². The normalized spacial score (nSPS) is 12.8. The van der Waals surface area contributed by atoms with Crippen LogP contribution in [0.25, 0.3) is 11.3 Å². The van der Waals surface area contributed by atoms with Crippen LogP contribution in [0.2, 0.25) is 0 Å². The van der Waals surface area contributed by atoms with Gasteiger partial charge in [0.25, 0.3) is 0 Å². The largest absolute Gasteiger partial charge is 0.433 e. The van der Waals surface area contributed by atoms with Crippen molar-refractivity contribution in [2.24, 2.45) is 0 Å². The number of hydrogen-bond donors (Lipinski definition) is 3. The molecule has 2 aromatic carbocycles. The third kappa shape index (κ3) is 6.94. The number of thiol groups is 1. The summed E-state index contributed by atoms with van der Waals surface area (Å²) in [6.07, 6.45) is -3.85. The standard InChI is InChI=1S/C23H20F5N3O3S2/c1-36(33,34)31-19-8-4-14(10-18(19)25)17(12-35)22(32)29-11-15-5-9-20(23(26,27)28)30-21(15)13-2-6-16(24)7-3-13/h2-10,17,31,35H,11-12H2,1H3,(H,29,32). The minimum Gasteiger partial charge on any atom is -0.351 e. The van der Waals surface area contributed by atoms with E-state index in [1.807, 2.05) is 4.72 Å². The second-order valence-electron chi connectivity index (χ2n) is 7.78. The number of benzene rings is 2. The Labute approximate surface area is 209 Å². The van der Waals surface area contributed by atoms with Gasteiger partial charge in [0.15, 0.2) is 0 Å². The molecule has 6 nitrogen and oxygen atoms in total. The first-order chi connectivity index (χ1) is 16.8. The summed E-state index contributed by atoms with van der Waals surface area (Å²) in [7, 11) is -3.72. The fourth-order valence-electron chi connectivity index (χ4n) is 3.32. The SMILES string of the molecule is CS(=O)(=O)Nc1ccc(C(CS)C(=O)NCc2ccc(C(F)(F)F)nc2-c2ccc(F)cc2)cc1F. The zero-order chi connectivity index (χ0) is 26.7. The number of aromatic nitrogens is 1. The predicted octanol–water partition coefficient (Wildman–Crippen LogP) is 4.75. The highest BCUT2D eigenvalue weighted by Gasteiger charge is 2.33. The average molecular weight is 546 g/mol. The van der Waals surface area contributed by atoms with Gasteiger partial charge in [-0.2, -0.15) is 25.8 Å². The van der Waals surface area contributed by atoms with Crippen LogP contribution in [0.4, 0.5) is 27.6 Å². The molecule has 0 fully saturated rings. The van der Waals surface area contributed by atoms with Crippen LogP contribution in [-0.2, 0) is 27.5 Å². The summed E-state index contributed by atoms with van der Waals surface area (Å²) in [6.45, 7) is -0.225. The van der Waals surface area contributed by atoms with E-state index in [4.69, 9.17) is 0 Å². The van der Waals surface area contributed by atoms with Crippen molar-refractivity contribution < 1.29 is 35.2 Å². The molecule has 0 saturated heterocycles. The fraction of sp³-hybridized carbons (Fsp3) is 0.217. The summed E-state index contributed by atoms with van der Waals surface area (Å²) in [5, 5.41) is 2.58. The molecule has 0 aliphatic carbocycles. The number of amides is 1. The summed E-state index contributed by atoms with van der Waals surface area (Å²) in [5.41, 5.74) is -0.867. The van der Waals surface area contributed by atoms with Crippen LogP contribution in [0.1, 0.15) is 22.7 Å². The highest BCUT2D eigenvalue weighted by atomic mass is 32.2. The first-order valence-electron chi connectivity index (χ1n) is 10.3. The lowest BCUT2D eigenvalue weighted by molar-refractivity contribution is -0.141. The Balaban J connectivity index is 1.85. The van der Waals surface area contributed by atoms with Crippen LogP contribution >= 0.6 is 12.6 Å². The number of nitrogens with one attached hydrogen (secondary N) is 2. The Kier molecular flexibility index (Phi) is 8.24. The molecule has 0 aliphatic heterocycles. The van der Waals surface area contributed by atoms with Gasteiger partial charge in [-0.05, 0) is 53.6 Å². The van der Waals surface area contributed by atoms with E-state index >= 15 is 0 Å². The Morgan fingerprint density at radius 3 is 2.28 bits per heavy atom. The van der Waals surface area contributed by atoms with Crippen LogP contribution in [0, 0.1) is 11.6 Å². The van der Waals surface area contributed by atoms with E-state index < -0.39 is 45.4 Å². The lowest BCUT2D eigenvalue weighted by Gasteiger charge is -2.18. The van der Waals surface area contributed by atoms with E-state index in [0.29, 0.717) is 0 Å². The van der Waals surface area contributed by atoms with Crippen LogP contribution in [-0.4, -0.2) is 31.3 Å². The van der Waals surface area contributed by atoms with Gasteiger partial charge in [0.2, 0.25) is 15.9 Å². The molecule has 0 radical (unpaired) electrons. The lowest BCUT2D eigenvalue weighted by Crippen LogP contribution is -2.30. The summed E-state index contributed by atoms with van der Waals surface area (Å²) < 4.78 is 92.0. The number of sulfonamides is 1. The second-order valence-corrected chi connectivity index (χ2v) is 9.89. The Bertz CT molecular complexity index is 1360. The summed E-state index contributed by atoms with van der Waals surface area (Å²) in [6, 6.07) is 10.2. The molecule has 36 heavy (non-hydrogen) atoms. The highest BCUT2D eigenvalue weighted by Crippen LogP contribution is 2.31. The molecule has 0 saturated carbocycles.